The molecule has 1 aromatic carbocycles. The number of fused-ring (bicyclic) bond motifs is 1. The number of piperidine rings is 1. The first-order valence-electron chi connectivity index (χ1n) is 11.3. The molecule has 5 rings (SSSR count). The Bertz CT molecular complexity index is 1460. The Morgan fingerprint density at radius 2 is 1.91 bits per heavy atom. The third-order valence-electron chi connectivity index (χ3n) is 6.36. The minimum Gasteiger partial charge on any atom is -0.465 e. The standard InChI is InChI=1S/C24H25N5O4S/c1-2-27-14-16(13-25-27)15-28-19-12-20(17-6-4-3-5-7-17)34-21(19)22(30)29(23(28)31)18-8-10-26(11-9-18)24(32)33/h3-7,12-14,18H,2,8-11,15H2,1H3,(H,32,33). The number of hydrogen-bond donors (Lipinski definition) is 1. The van der Waals surface area contributed by atoms with E-state index in [1.54, 1.807) is 15.4 Å². The smallest absolute Gasteiger partial charge is 0.407 e. The van der Waals surface area contributed by atoms with Gasteiger partial charge in [0.2, 0.25) is 0 Å². The minimum absolute atomic E-state index is 0.299. The SMILES string of the molecule is CCn1cc(Cn2c(=O)n(C3CCN(C(=O)O)CC3)c(=O)c3sc(-c4ccccc4)cc32)cn1. The molecule has 176 valence electrons. The summed E-state index contributed by atoms with van der Waals surface area (Å²) in [5, 5.41) is 13.6. The van der Waals surface area contributed by atoms with Crippen LogP contribution >= 0.6 is 11.3 Å². The van der Waals surface area contributed by atoms with Crippen LogP contribution in [0.25, 0.3) is 20.7 Å². The zero-order valence-corrected chi connectivity index (χ0v) is 19.6. The molecule has 1 saturated heterocycles. The van der Waals surface area contributed by atoms with Crippen molar-refractivity contribution >= 4 is 27.6 Å². The molecule has 4 heterocycles. The Hall–Kier alpha value is -3.66. The molecular formula is C24H25N5O4S. The first kappa shape index (κ1) is 22.1. The third-order valence-corrected chi connectivity index (χ3v) is 7.52. The molecule has 0 bridgehead atoms. The Morgan fingerprint density at radius 1 is 1.18 bits per heavy atom. The second-order valence-corrected chi connectivity index (χ2v) is 9.49. The first-order valence-corrected chi connectivity index (χ1v) is 12.1. The number of nitrogens with zero attached hydrogens (tertiary/aromatic N) is 5. The van der Waals surface area contributed by atoms with Gasteiger partial charge in [-0.15, -0.1) is 11.3 Å². The van der Waals surface area contributed by atoms with Gasteiger partial charge in [-0.05, 0) is 31.4 Å². The molecule has 1 amide bonds. The van der Waals surface area contributed by atoms with Crippen molar-refractivity contribution in [3.63, 3.8) is 0 Å². The van der Waals surface area contributed by atoms with E-state index >= 15 is 0 Å². The molecule has 0 unspecified atom stereocenters. The Balaban J connectivity index is 1.65. The number of aryl methyl sites for hydroxylation is 1. The summed E-state index contributed by atoms with van der Waals surface area (Å²) >= 11 is 1.39. The van der Waals surface area contributed by atoms with Crippen molar-refractivity contribution in [3.05, 3.63) is 75.2 Å². The van der Waals surface area contributed by atoms with Crippen molar-refractivity contribution in [3.8, 4) is 10.4 Å². The summed E-state index contributed by atoms with van der Waals surface area (Å²) in [6.07, 6.45) is 3.53. The van der Waals surface area contributed by atoms with E-state index in [2.05, 4.69) is 5.10 Å². The average molecular weight is 480 g/mol. The number of aromatic nitrogens is 4. The van der Waals surface area contributed by atoms with Crippen LogP contribution < -0.4 is 11.2 Å². The molecule has 0 atom stereocenters. The fraction of sp³-hybridized carbons (Fsp3) is 0.333. The number of benzene rings is 1. The molecule has 4 aromatic rings. The Labute approximate surface area is 199 Å². The van der Waals surface area contributed by atoms with Crippen molar-refractivity contribution in [2.24, 2.45) is 0 Å². The summed E-state index contributed by atoms with van der Waals surface area (Å²) in [5.41, 5.74) is 1.81. The van der Waals surface area contributed by atoms with Crippen LogP contribution in [-0.4, -0.2) is 48.1 Å². The van der Waals surface area contributed by atoms with Crippen molar-refractivity contribution in [2.75, 3.05) is 13.1 Å². The first-order chi connectivity index (χ1) is 16.5. The highest BCUT2D eigenvalue weighted by Crippen LogP contribution is 2.32. The quantitative estimate of drug-likeness (QED) is 0.472. The molecule has 1 fully saturated rings. The lowest BCUT2D eigenvalue weighted by atomic mass is 10.1. The van der Waals surface area contributed by atoms with Crippen LogP contribution in [0, 0.1) is 0 Å². The Morgan fingerprint density at radius 3 is 2.56 bits per heavy atom. The molecule has 1 aliphatic heterocycles. The average Bonchev–Trinajstić information content (AvgIpc) is 3.50. The summed E-state index contributed by atoms with van der Waals surface area (Å²) in [7, 11) is 0. The molecule has 0 radical (unpaired) electrons. The Kier molecular flexibility index (Phi) is 5.82. The van der Waals surface area contributed by atoms with Gasteiger partial charge in [0.05, 0.1) is 18.3 Å². The summed E-state index contributed by atoms with van der Waals surface area (Å²) in [6.45, 7) is 3.62. The summed E-state index contributed by atoms with van der Waals surface area (Å²) in [5.74, 6) is 0. The van der Waals surface area contributed by atoms with Crippen molar-refractivity contribution in [1.29, 1.82) is 0 Å². The zero-order valence-electron chi connectivity index (χ0n) is 18.8. The monoisotopic (exact) mass is 479 g/mol. The van der Waals surface area contributed by atoms with Gasteiger partial charge in [0.25, 0.3) is 5.56 Å². The van der Waals surface area contributed by atoms with Gasteiger partial charge in [0, 0.05) is 42.3 Å². The van der Waals surface area contributed by atoms with Crippen LogP contribution in [0.2, 0.25) is 0 Å². The largest absolute Gasteiger partial charge is 0.465 e. The van der Waals surface area contributed by atoms with Gasteiger partial charge >= 0.3 is 11.8 Å². The molecule has 3 aromatic heterocycles. The number of rotatable bonds is 5. The number of thiophene rings is 1. The van der Waals surface area contributed by atoms with Gasteiger partial charge in [-0.2, -0.15) is 5.10 Å². The minimum atomic E-state index is -0.975. The van der Waals surface area contributed by atoms with Gasteiger partial charge in [-0.1, -0.05) is 30.3 Å². The van der Waals surface area contributed by atoms with Crippen LogP contribution in [0.5, 0.6) is 0 Å². The lowest BCUT2D eigenvalue weighted by Crippen LogP contribution is -2.46. The highest BCUT2D eigenvalue weighted by Gasteiger charge is 2.28. The third kappa shape index (κ3) is 3.94. The lowest BCUT2D eigenvalue weighted by molar-refractivity contribution is 0.124. The van der Waals surface area contributed by atoms with Crippen LogP contribution in [0.15, 0.2) is 58.4 Å². The molecule has 1 aliphatic rings. The molecule has 9 nitrogen and oxygen atoms in total. The van der Waals surface area contributed by atoms with Crippen molar-refractivity contribution in [1.82, 2.24) is 23.8 Å². The van der Waals surface area contributed by atoms with Gasteiger partial charge in [-0.3, -0.25) is 18.6 Å². The van der Waals surface area contributed by atoms with E-state index in [0.29, 0.717) is 42.7 Å². The number of amides is 1. The van der Waals surface area contributed by atoms with Gasteiger partial charge in [-0.25, -0.2) is 9.59 Å². The van der Waals surface area contributed by atoms with Gasteiger partial charge in [0.15, 0.2) is 0 Å². The van der Waals surface area contributed by atoms with Crippen LogP contribution in [0.4, 0.5) is 4.79 Å². The molecule has 34 heavy (non-hydrogen) atoms. The van der Waals surface area contributed by atoms with E-state index in [1.807, 2.05) is 49.5 Å². The van der Waals surface area contributed by atoms with Crippen LogP contribution in [0.3, 0.4) is 0 Å². The lowest BCUT2D eigenvalue weighted by Gasteiger charge is -2.30. The van der Waals surface area contributed by atoms with Crippen molar-refractivity contribution < 1.29 is 9.90 Å². The fourth-order valence-electron chi connectivity index (χ4n) is 4.54. The number of carboxylic acid groups (broad SMARTS) is 1. The van der Waals surface area contributed by atoms with E-state index in [1.165, 1.54) is 20.8 Å². The summed E-state index contributed by atoms with van der Waals surface area (Å²) in [6, 6.07) is 11.4. The fourth-order valence-corrected chi connectivity index (χ4v) is 5.65. The van der Waals surface area contributed by atoms with Gasteiger partial charge in [0.1, 0.15) is 4.70 Å². The predicted octanol–water partition coefficient (Wildman–Crippen LogP) is 3.47. The number of carbonyl (C=O) groups is 1. The highest BCUT2D eigenvalue weighted by atomic mass is 32.1. The second-order valence-electron chi connectivity index (χ2n) is 8.44. The molecular weight excluding hydrogens is 454 g/mol. The second kappa shape index (κ2) is 8.94. The molecule has 1 N–H and O–H groups in total. The zero-order chi connectivity index (χ0) is 23.8. The molecule has 0 spiro atoms. The molecule has 0 saturated carbocycles. The highest BCUT2D eigenvalue weighted by molar-refractivity contribution is 7.22. The summed E-state index contributed by atoms with van der Waals surface area (Å²) < 4.78 is 5.33. The van der Waals surface area contributed by atoms with Gasteiger partial charge < -0.3 is 10.0 Å². The topological polar surface area (TPSA) is 102 Å². The van der Waals surface area contributed by atoms with E-state index < -0.39 is 6.09 Å². The van der Waals surface area contributed by atoms with Crippen LogP contribution in [0.1, 0.15) is 31.4 Å². The normalized spacial score (nSPS) is 14.7. The summed E-state index contributed by atoms with van der Waals surface area (Å²) in [4.78, 5) is 40.9. The maximum absolute atomic E-state index is 13.7. The van der Waals surface area contributed by atoms with Crippen molar-refractivity contribution in [2.45, 2.75) is 38.9 Å². The van der Waals surface area contributed by atoms with Crippen LogP contribution in [-0.2, 0) is 13.1 Å². The molecule has 0 aliphatic carbocycles. The maximum atomic E-state index is 13.7. The van der Waals surface area contributed by atoms with E-state index in [9.17, 15) is 19.5 Å². The van der Waals surface area contributed by atoms with E-state index in [0.717, 1.165) is 22.5 Å². The number of likely N-dealkylation sites (tertiary alicyclic amines) is 1. The van der Waals surface area contributed by atoms with E-state index in [-0.39, 0.29) is 17.3 Å². The van der Waals surface area contributed by atoms with E-state index in [4.69, 9.17) is 0 Å². The number of hydrogen-bond acceptors (Lipinski definition) is 5. The maximum Gasteiger partial charge on any atom is 0.407 e. The predicted molar refractivity (Wildman–Crippen MR) is 131 cm³/mol. The molecule has 10 heteroatoms.